The van der Waals surface area contributed by atoms with Crippen LogP contribution in [0.25, 0.3) is 0 Å². The molecule has 0 spiro atoms. The van der Waals surface area contributed by atoms with Gasteiger partial charge in [-0.3, -0.25) is 0 Å². The number of aliphatic hydroxyl groups excluding tert-OH is 4. The van der Waals surface area contributed by atoms with Crippen LogP contribution in [0.5, 0.6) is 0 Å². The summed E-state index contributed by atoms with van der Waals surface area (Å²) < 4.78 is 0. The summed E-state index contributed by atoms with van der Waals surface area (Å²) in [5.41, 5.74) is -1.85. The van der Waals surface area contributed by atoms with Gasteiger partial charge >= 0.3 is 0 Å². The van der Waals surface area contributed by atoms with Gasteiger partial charge in [-0.15, -0.1) is 0 Å². The lowest BCUT2D eigenvalue weighted by atomic mass is 9.81. The van der Waals surface area contributed by atoms with Gasteiger partial charge in [0.1, 0.15) is 17.8 Å². The molecule has 0 aromatic heterocycles. The van der Waals surface area contributed by atoms with Crippen LogP contribution in [0.4, 0.5) is 0 Å². The molecule has 0 amide bonds. The summed E-state index contributed by atoms with van der Waals surface area (Å²) in [6.07, 6.45) is -4.68. The molecule has 0 bridgehead atoms. The highest BCUT2D eigenvalue weighted by atomic mass is 32.1. The normalized spacial score (nSPS) is 19.9. The van der Waals surface area contributed by atoms with Gasteiger partial charge < -0.3 is 25.5 Å². The van der Waals surface area contributed by atoms with Crippen molar-refractivity contribution in [2.45, 2.75) is 23.9 Å². The molecule has 0 aliphatic heterocycles. The van der Waals surface area contributed by atoms with Crippen molar-refractivity contribution in [2.24, 2.45) is 0 Å². The average molecular weight is 274 g/mol. The van der Waals surface area contributed by atoms with Crippen molar-refractivity contribution in [3.8, 4) is 0 Å². The third-order valence-electron chi connectivity index (χ3n) is 2.92. The van der Waals surface area contributed by atoms with Crippen molar-refractivity contribution in [1.29, 1.82) is 0 Å². The molecular formula is C12H18O5S. The molecule has 1 aromatic rings. The van der Waals surface area contributed by atoms with Gasteiger partial charge in [0.15, 0.2) is 0 Å². The molecule has 5 N–H and O–H groups in total. The van der Waals surface area contributed by atoms with E-state index < -0.39 is 30.5 Å². The number of aliphatic hydroxyl groups is 5. The summed E-state index contributed by atoms with van der Waals surface area (Å²) in [5.74, 6) is -0.111. The maximum Gasteiger partial charge on any atom is 0.144 e. The molecule has 0 saturated carbocycles. The summed E-state index contributed by atoms with van der Waals surface area (Å²) in [5, 5.41) is 48.6. The van der Waals surface area contributed by atoms with Crippen LogP contribution in [0, 0.1) is 0 Å². The van der Waals surface area contributed by atoms with E-state index >= 15 is 0 Å². The zero-order valence-corrected chi connectivity index (χ0v) is 10.6. The molecule has 102 valence electrons. The summed E-state index contributed by atoms with van der Waals surface area (Å²) in [6.45, 7) is -0.727. The van der Waals surface area contributed by atoms with Crippen LogP contribution >= 0.6 is 12.6 Å². The van der Waals surface area contributed by atoms with Crippen LogP contribution in [0.3, 0.4) is 0 Å². The Morgan fingerprint density at radius 2 is 1.67 bits per heavy atom. The van der Waals surface area contributed by atoms with Gasteiger partial charge in [-0.2, -0.15) is 12.6 Å². The van der Waals surface area contributed by atoms with E-state index in [4.69, 9.17) is 5.11 Å². The standard InChI is InChI=1S/C12H18O5S/c13-6-9(14)11(16)12(17,10(15)7-18)8-4-2-1-3-5-8/h1-5,9-11,13-18H,6-7H2/t9-,10+,11-,12-/m1/s1. The molecule has 1 aromatic carbocycles. The summed E-state index contributed by atoms with van der Waals surface area (Å²) >= 11 is 3.89. The van der Waals surface area contributed by atoms with Crippen molar-refractivity contribution in [3.05, 3.63) is 35.9 Å². The first-order valence-corrected chi connectivity index (χ1v) is 6.15. The second-order valence-electron chi connectivity index (χ2n) is 4.08. The van der Waals surface area contributed by atoms with E-state index in [1.807, 2.05) is 0 Å². The second-order valence-corrected chi connectivity index (χ2v) is 4.45. The number of thiol groups is 1. The van der Waals surface area contributed by atoms with E-state index in [9.17, 15) is 20.4 Å². The third kappa shape index (κ3) is 2.85. The van der Waals surface area contributed by atoms with Crippen LogP contribution in [0.1, 0.15) is 5.56 Å². The van der Waals surface area contributed by atoms with Gasteiger partial charge in [0.2, 0.25) is 0 Å². The van der Waals surface area contributed by atoms with Crippen LogP contribution in [-0.4, -0.2) is 56.2 Å². The fraction of sp³-hybridized carbons (Fsp3) is 0.500. The molecule has 6 heteroatoms. The van der Waals surface area contributed by atoms with E-state index in [0.717, 1.165) is 0 Å². The Hall–Kier alpha value is -0.630. The van der Waals surface area contributed by atoms with Crippen LogP contribution in [0.2, 0.25) is 0 Å². The molecule has 18 heavy (non-hydrogen) atoms. The third-order valence-corrected chi connectivity index (χ3v) is 3.27. The van der Waals surface area contributed by atoms with Crippen molar-refractivity contribution in [3.63, 3.8) is 0 Å². The van der Waals surface area contributed by atoms with Gasteiger partial charge in [-0.25, -0.2) is 0 Å². The zero-order chi connectivity index (χ0) is 13.8. The highest BCUT2D eigenvalue weighted by Gasteiger charge is 2.46. The number of benzene rings is 1. The number of hydrogen-bond donors (Lipinski definition) is 6. The maximum atomic E-state index is 10.5. The van der Waals surface area contributed by atoms with Crippen molar-refractivity contribution in [1.82, 2.24) is 0 Å². The summed E-state index contributed by atoms with van der Waals surface area (Å²) in [7, 11) is 0. The molecule has 0 heterocycles. The maximum absolute atomic E-state index is 10.5. The SMILES string of the molecule is OC[C@@H](O)[C@@H](O)[C@@](O)(c1ccccc1)[C@@H](O)CS. The molecule has 5 nitrogen and oxygen atoms in total. The van der Waals surface area contributed by atoms with E-state index in [-0.39, 0.29) is 11.3 Å². The van der Waals surface area contributed by atoms with E-state index in [1.54, 1.807) is 18.2 Å². The molecule has 0 unspecified atom stereocenters. The Morgan fingerprint density at radius 1 is 1.11 bits per heavy atom. The van der Waals surface area contributed by atoms with Crippen molar-refractivity contribution in [2.75, 3.05) is 12.4 Å². The minimum Gasteiger partial charge on any atom is -0.394 e. The second kappa shape index (κ2) is 6.51. The first-order valence-electron chi connectivity index (χ1n) is 5.52. The Balaban J connectivity index is 3.19. The Kier molecular flexibility index (Phi) is 5.58. The fourth-order valence-corrected chi connectivity index (χ4v) is 2.08. The lowest BCUT2D eigenvalue weighted by molar-refractivity contribution is -0.183. The van der Waals surface area contributed by atoms with Gasteiger partial charge in [0, 0.05) is 5.75 Å². The van der Waals surface area contributed by atoms with Crippen molar-refractivity contribution >= 4 is 12.6 Å². The minimum atomic E-state index is -2.09. The van der Waals surface area contributed by atoms with Crippen LogP contribution in [-0.2, 0) is 5.60 Å². The summed E-state index contributed by atoms with van der Waals surface area (Å²) in [6, 6.07) is 8.00. The molecule has 0 fully saturated rings. The Labute approximate surface area is 111 Å². The predicted octanol–water partition coefficient (Wildman–Crippen LogP) is -1.12. The highest BCUT2D eigenvalue weighted by molar-refractivity contribution is 7.80. The molecule has 0 aliphatic rings. The lowest BCUT2D eigenvalue weighted by Gasteiger charge is -2.38. The molecule has 0 aliphatic carbocycles. The van der Waals surface area contributed by atoms with Crippen LogP contribution in [0.15, 0.2) is 30.3 Å². The molecule has 0 radical (unpaired) electrons. The Bertz CT molecular complexity index is 361. The van der Waals surface area contributed by atoms with E-state index in [0.29, 0.717) is 0 Å². The van der Waals surface area contributed by atoms with Gasteiger partial charge in [-0.05, 0) is 5.56 Å². The first-order chi connectivity index (χ1) is 8.48. The largest absolute Gasteiger partial charge is 0.394 e. The Morgan fingerprint density at radius 3 is 2.11 bits per heavy atom. The molecule has 1 rings (SSSR count). The first kappa shape index (κ1) is 15.4. The van der Waals surface area contributed by atoms with E-state index in [2.05, 4.69) is 12.6 Å². The lowest BCUT2D eigenvalue weighted by Crippen LogP contribution is -2.55. The predicted molar refractivity (Wildman–Crippen MR) is 69.3 cm³/mol. The van der Waals surface area contributed by atoms with Gasteiger partial charge in [0.05, 0.1) is 12.7 Å². The number of hydrogen-bond acceptors (Lipinski definition) is 6. The minimum absolute atomic E-state index is 0.111. The van der Waals surface area contributed by atoms with Crippen LogP contribution < -0.4 is 0 Å². The topological polar surface area (TPSA) is 101 Å². The highest BCUT2D eigenvalue weighted by Crippen LogP contribution is 2.31. The van der Waals surface area contributed by atoms with E-state index in [1.165, 1.54) is 12.1 Å². The molecule has 4 atom stereocenters. The fourth-order valence-electron chi connectivity index (χ4n) is 1.80. The van der Waals surface area contributed by atoms with Gasteiger partial charge in [-0.1, -0.05) is 30.3 Å². The van der Waals surface area contributed by atoms with Gasteiger partial charge in [0.25, 0.3) is 0 Å². The smallest absolute Gasteiger partial charge is 0.144 e. The summed E-state index contributed by atoms with van der Waals surface area (Å²) in [4.78, 5) is 0. The zero-order valence-electron chi connectivity index (χ0n) is 9.72. The average Bonchev–Trinajstić information content (AvgIpc) is 2.44. The quantitative estimate of drug-likeness (QED) is 0.369. The number of rotatable bonds is 6. The molecular weight excluding hydrogens is 256 g/mol. The molecule has 0 saturated heterocycles. The van der Waals surface area contributed by atoms with Crippen molar-refractivity contribution < 1.29 is 25.5 Å². The monoisotopic (exact) mass is 274 g/mol.